The molecule has 0 amide bonds. The third-order valence-electron chi connectivity index (χ3n) is 1.60. The fraction of sp³-hybridized carbons (Fsp3) is 0.500. The van der Waals surface area contributed by atoms with E-state index in [4.69, 9.17) is 5.11 Å². The molecule has 0 saturated carbocycles. The van der Waals surface area contributed by atoms with Crippen molar-refractivity contribution in [3.8, 4) is 0 Å². The van der Waals surface area contributed by atoms with Crippen LogP contribution in [0.5, 0.6) is 0 Å². The Balaban J connectivity index is 2.07. The molecule has 0 spiro atoms. The highest BCUT2D eigenvalue weighted by molar-refractivity contribution is 9.11. The number of anilines is 1. The average Bonchev–Trinajstić information content (AvgIpc) is 2.29. The molecule has 0 aliphatic carbocycles. The first kappa shape index (κ1) is 7.52. The van der Waals surface area contributed by atoms with Crippen molar-refractivity contribution >= 4 is 32.4 Å². The van der Waals surface area contributed by atoms with Crippen LogP contribution in [-0.4, -0.2) is 29.3 Å². The van der Waals surface area contributed by atoms with E-state index in [9.17, 15) is 0 Å². The number of β-amino-alcohol motifs (C(OH)–C–C–N with tert-alkyl or cyclic N) is 1. The number of aliphatic hydroxyl groups excluding tert-OH is 1. The maximum absolute atomic E-state index is 9.01. The third kappa shape index (κ3) is 1.40. The molecule has 11 heavy (non-hydrogen) atoms. The van der Waals surface area contributed by atoms with Crippen LogP contribution < -0.4 is 4.90 Å². The van der Waals surface area contributed by atoms with Gasteiger partial charge in [0.25, 0.3) is 0 Å². The minimum absolute atomic E-state index is 0.155. The highest BCUT2D eigenvalue weighted by Gasteiger charge is 2.26. The molecule has 1 aromatic heterocycles. The van der Waals surface area contributed by atoms with Gasteiger partial charge in [0.05, 0.1) is 16.1 Å². The Morgan fingerprint density at radius 2 is 2.45 bits per heavy atom. The molecule has 2 rings (SSSR count). The zero-order chi connectivity index (χ0) is 7.84. The monoisotopic (exact) mass is 234 g/mol. The van der Waals surface area contributed by atoms with Gasteiger partial charge in [-0.25, -0.2) is 4.98 Å². The number of rotatable bonds is 1. The summed E-state index contributed by atoms with van der Waals surface area (Å²) < 4.78 is 1.04. The topological polar surface area (TPSA) is 36.4 Å². The first-order valence-electron chi connectivity index (χ1n) is 3.30. The van der Waals surface area contributed by atoms with Crippen molar-refractivity contribution in [2.75, 3.05) is 18.0 Å². The molecule has 0 aromatic carbocycles. The lowest BCUT2D eigenvalue weighted by Crippen LogP contribution is -2.50. The quantitative estimate of drug-likeness (QED) is 0.791. The van der Waals surface area contributed by atoms with Crippen molar-refractivity contribution in [3.63, 3.8) is 0 Å². The number of aliphatic hydroxyl groups is 1. The summed E-state index contributed by atoms with van der Waals surface area (Å²) in [6.45, 7) is 1.44. The van der Waals surface area contributed by atoms with Crippen LogP contribution in [-0.2, 0) is 0 Å². The molecule has 1 aliphatic heterocycles. The van der Waals surface area contributed by atoms with Gasteiger partial charge < -0.3 is 10.0 Å². The van der Waals surface area contributed by atoms with E-state index in [-0.39, 0.29) is 6.10 Å². The molecule has 3 nitrogen and oxygen atoms in total. The summed E-state index contributed by atoms with van der Waals surface area (Å²) in [5.41, 5.74) is 0. The summed E-state index contributed by atoms with van der Waals surface area (Å²) in [5.74, 6) is 0. The number of thiazole rings is 1. The Kier molecular flexibility index (Phi) is 1.86. The molecule has 5 heteroatoms. The van der Waals surface area contributed by atoms with E-state index in [1.54, 1.807) is 17.5 Å². The van der Waals surface area contributed by atoms with Gasteiger partial charge >= 0.3 is 0 Å². The lowest BCUT2D eigenvalue weighted by atomic mass is 10.2. The number of aromatic nitrogens is 1. The molecular formula is C6H7BrN2OS. The summed E-state index contributed by atoms with van der Waals surface area (Å²) >= 11 is 4.93. The fourth-order valence-corrected chi connectivity index (χ4v) is 2.20. The second kappa shape index (κ2) is 2.73. The number of nitrogens with zero attached hydrogens (tertiary/aromatic N) is 2. The minimum Gasteiger partial charge on any atom is -0.389 e. The van der Waals surface area contributed by atoms with E-state index in [1.165, 1.54) is 0 Å². The van der Waals surface area contributed by atoms with Gasteiger partial charge in [-0.3, -0.25) is 0 Å². The van der Waals surface area contributed by atoms with E-state index in [0.29, 0.717) is 0 Å². The second-order valence-corrected chi connectivity index (χ2v) is 4.89. The Hall–Kier alpha value is -0.130. The van der Waals surface area contributed by atoms with Crippen molar-refractivity contribution in [2.24, 2.45) is 0 Å². The fourth-order valence-electron chi connectivity index (χ4n) is 1.00. The molecule has 1 saturated heterocycles. The van der Waals surface area contributed by atoms with E-state index in [0.717, 1.165) is 22.0 Å². The van der Waals surface area contributed by atoms with Crippen LogP contribution in [0.2, 0.25) is 0 Å². The summed E-state index contributed by atoms with van der Waals surface area (Å²) in [4.78, 5) is 6.21. The van der Waals surface area contributed by atoms with Crippen molar-refractivity contribution < 1.29 is 5.11 Å². The van der Waals surface area contributed by atoms with Crippen LogP contribution >= 0.6 is 27.3 Å². The highest BCUT2D eigenvalue weighted by atomic mass is 79.9. The molecule has 1 N–H and O–H groups in total. The van der Waals surface area contributed by atoms with Gasteiger partial charge in [-0.15, -0.1) is 0 Å². The van der Waals surface area contributed by atoms with Gasteiger partial charge in [-0.2, -0.15) is 0 Å². The predicted molar refractivity (Wildman–Crippen MR) is 48.0 cm³/mol. The first-order valence-corrected chi connectivity index (χ1v) is 4.91. The van der Waals surface area contributed by atoms with Crippen LogP contribution in [0.25, 0.3) is 0 Å². The third-order valence-corrected chi connectivity index (χ3v) is 3.14. The summed E-state index contributed by atoms with van der Waals surface area (Å²) in [6.07, 6.45) is 1.63. The van der Waals surface area contributed by atoms with Gasteiger partial charge in [0.15, 0.2) is 5.13 Å². The van der Waals surface area contributed by atoms with Crippen molar-refractivity contribution in [3.05, 3.63) is 9.98 Å². The molecule has 0 unspecified atom stereocenters. The van der Waals surface area contributed by atoms with Gasteiger partial charge in [0.2, 0.25) is 0 Å². The zero-order valence-corrected chi connectivity index (χ0v) is 8.10. The molecule has 60 valence electrons. The lowest BCUT2D eigenvalue weighted by Gasteiger charge is -2.35. The number of halogens is 1. The highest BCUT2D eigenvalue weighted by Crippen LogP contribution is 2.29. The van der Waals surface area contributed by atoms with Crippen LogP contribution in [0.4, 0.5) is 5.13 Å². The first-order chi connectivity index (χ1) is 5.25. The maximum Gasteiger partial charge on any atom is 0.186 e. The Morgan fingerprint density at radius 1 is 1.73 bits per heavy atom. The smallest absolute Gasteiger partial charge is 0.186 e. The Labute approximate surface area is 76.8 Å². The molecule has 0 radical (unpaired) electrons. The SMILES string of the molecule is OC1CN(c2ncc(Br)s2)C1. The molecule has 2 heterocycles. The van der Waals surface area contributed by atoms with Crippen LogP contribution in [0.15, 0.2) is 9.98 Å². The van der Waals surface area contributed by atoms with Gasteiger partial charge in [-0.1, -0.05) is 11.3 Å². The zero-order valence-electron chi connectivity index (χ0n) is 5.70. The van der Waals surface area contributed by atoms with E-state index >= 15 is 0 Å². The predicted octanol–water partition coefficient (Wildman–Crippen LogP) is 1.09. The van der Waals surface area contributed by atoms with E-state index in [1.807, 2.05) is 0 Å². The average molecular weight is 235 g/mol. The lowest BCUT2D eigenvalue weighted by molar-refractivity contribution is 0.142. The maximum atomic E-state index is 9.01. The van der Waals surface area contributed by atoms with Crippen molar-refractivity contribution in [2.45, 2.75) is 6.10 Å². The van der Waals surface area contributed by atoms with Gasteiger partial charge in [0.1, 0.15) is 0 Å². The van der Waals surface area contributed by atoms with Crippen molar-refractivity contribution in [1.29, 1.82) is 0 Å². The molecule has 1 aromatic rings. The minimum atomic E-state index is -0.155. The number of hydrogen-bond acceptors (Lipinski definition) is 4. The summed E-state index contributed by atoms with van der Waals surface area (Å²) in [5, 5.41) is 10.00. The van der Waals surface area contributed by atoms with E-state index in [2.05, 4.69) is 25.8 Å². The Morgan fingerprint density at radius 3 is 2.91 bits per heavy atom. The van der Waals surface area contributed by atoms with Crippen molar-refractivity contribution in [1.82, 2.24) is 4.98 Å². The van der Waals surface area contributed by atoms with Crippen LogP contribution in [0, 0.1) is 0 Å². The van der Waals surface area contributed by atoms with E-state index < -0.39 is 0 Å². The normalized spacial score (nSPS) is 18.5. The molecule has 1 aliphatic rings. The molecular weight excluding hydrogens is 228 g/mol. The largest absolute Gasteiger partial charge is 0.389 e. The standard InChI is InChI=1S/C6H7BrN2OS/c7-5-1-8-6(11-5)9-2-4(10)3-9/h1,4,10H,2-3H2. The number of hydrogen-bond donors (Lipinski definition) is 1. The Bertz CT molecular complexity index is 259. The molecule has 0 bridgehead atoms. The summed E-state index contributed by atoms with van der Waals surface area (Å²) in [7, 11) is 0. The summed E-state index contributed by atoms with van der Waals surface area (Å²) in [6, 6.07) is 0. The van der Waals surface area contributed by atoms with Crippen LogP contribution in [0.1, 0.15) is 0 Å². The van der Waals surface area contributed by atoms with Crippen LogP contribution in [0.3, 0.4) is 0 Å². The van der Waals surface area contributed by atoms with Gasteiger partial charge in [-0.05, 0) is 15.9 Å². The molecule has 1 fully saturated rings. The van der Waals surface area contributed by atoms with Gasteiger partial charge in [0, 0.05) is 13.1 Å². The molecule has 0 atom stereocenters. The second-order valence-electron chi connectivity index (χ2n) is 2.51.